The molecule has 0 saturated carbocycles. The van der Waals surface area contributed by atoms with Crippen LogP contribution in [0.5, 0.6) is 0 Å². The highest BCUT2D eigenvalue weighted by Crippen LogP contribution is 2.23. The molecule has 0 atom stereocenters. The number of aromatic nitrogens is 2. The quantitative estimate of drug-likeness (QED) is 0.693. The van der Waals surface area contributed by atoms with Crippen molar-refractivity contribution in [2.24, 2.45) is 0 Å². The van der Waals surface area contributed by atoms with Gasteiger partial charge in [0, 0.05) is 24.3 Å². The van der Waals surface area contributed by atoms with Gasteiger partial charge in [-0.05, 0) is 56.9 Å². The molecule has 2 aromatic heterocycles. The fraction of sp³-hybridized carbons (Fsp3) is 0.333. The molecule has 4 heteroatoms. The van der Waals surface area contributed by atoms with Crippen LogP contribution in [0.1, 0.15) is 30.0 Å². The smallest absolute Gasteiger partial charge is 0.226 e. The maximum absolute atomic E-state index is 5.85. The summed E-state index contributed by atoms with van der Waals surface area (Å²) < 4.78 is 5.85. The Bertz CT molecular complexity index is 835. The zero-order valence-electron chi connectivity index (χ0n) is 14.6. The molecule has 25 heavy (non-hydrogen) atoms. The molecule has 0 radical (unpaired) electrons. The fourth-order valence-corrected chi connectivity index (χ4v) is 3.34. The molecule has 4 rings (SSSR count). The van der Waals surface area contributed by atoms with Crippen molar-refractivity contribution in [1.29, 1.82) is 0 Å². The van der Waals surface area contributed by atoms with E-state index in [9.17, 15) is 0 Å². The molecule has 0 N–H and O–H groups in total. The van der Waals surface area contributed by atoms with Gasteiger partial charge in [-0.25, -0.2) is 9.97 Å². The molecule has 0 bridgehead atoms. The van der Waals surface area contributed by atoms with Crippen LogP contribution in [-0.4, -0.2) is 23.1 Å². The number of anilines is 1. The highest BCUT2D eigenvalue weighted by Gasteiger charge is 2.15. The molecule has 3 aromatic rings. The Morgan fingerprint density at radius 3 is 2.52 bits per heavy atom. The van der Waals surface area contributed by atoms with Crippen LogP contribution >= 0.6 is 0 Å². The van der Waals surface area contributed by atoms with Crippen LogP contribution in [0.2, 0.25) is 0 Å². The summed E-state index contributed by atoms with van der Waals surface area (Å²) in [5.41, 5.74) is 3.16. The van der Waals surface area contributed by atoms with Crippen molar-refractivity contribution < 1.29 is 4.42 Å². The summed E-state index contributed by atoms with van der Waals surface area (Å²) in [5, 5.41) is 0. The molecule has 0 spiro atoms. The van der Waals surface area contributed by atoms with E-state index in [0.717, 1.165) is 54.5 Å². The molecule has 1 saturated heterocycles. The van der Waals surface area contributed by atoms with Gasteiger partial charge in [-0.15, -0.1) is 0 Å². The molecular formula is C21H23N3O. The lowest BCUT2D eigenvalue weighted by Gasteiger charge is -2.16. The summed E-state index contributed by atoms with van der Waals surface area (Å²) in [5.74, 6) is 2.71. The first-order valence-corrected chi connectivity index (χ1v) is 9.02. The first-order chi connectivity index (χ1) is 12.3. The van der Waals surface area contributed by atoms with Gasteiger partial charge in [-0.2, -0.15) is 0 Å². The standard InChI is InChI=1S/C21H23N3O/c1-16-19(23-21(25-16)17-8-3-2-4-9-17)13-12-18-10-7-11-20(22-18)24-14-5-6-15-24/h2-4,7-11H,5-6,12-15H2,1H3. The molecule has 0 unspecified atom stereocenters. The third-order valence-corrected chi connectivity index (χ3v) is 4.75. The maximum Gasteiger partial charge on any atom is 0.226 e. The Hall–Kier alpha value is -2.62. The van der Waals surface area contributed by atoms with E-state index in [1.165, 1.54) is 12.8 Å². The molecular weight excluding hydrogens is 310 g/mol. The highest BCUT2D eigenvalue weighted by atomic mass is 16.4. The summed E-state index contributed by atoms with van der Waals surface area (Å²) >= 11 is 0. The largest absolute Gasteiger partial charge is 0.441 e. The normalized spacial score (nSPS) is 14.2. The SMILES string of the molecule is Cc1oc(-c2ccccc2)nc1CCc1cccc(N2CCCC2)n1. The Morgan fingerprint density at radius 2 is 1.72 bits per heavy atom. The number of hydrogen-bond acceptors (Lipinski definition) is 4. The summed E-state index contributed by atoms with van der Waals surface area (Å²) in [7, 11) is 0. The van der Waals surface area contributed by atoms with Crippen molar-refractivity contribution in [3.8, 4) is 11.5 Å². The lowest BCUT2D eigenvalue weighted by molar-refractivity contribution is 0.539. The lowest BCUT2D eigenvalue weighted by atomic mass is 10.1. The molecule has 1 aliphatic heterocycles. The van der Waals surface area contributed by atoms with Crippen LogP contribution in [0.4, 0.5) is 5.82 Å². The van der Waals surface area contributed by atoms with Gasteiger partial charge >= 0.3 is 0 Å². The third-order valence-electron chi connectivity index (χ3n) is 4.75. The van der Waals surface area contributed by atoms with E-state index < -0.39 is 0 Å². The number of benzene rings is 1. The minimum absolute atomic E-state index is 0.701. The summed E-state index contributed by atoms with van der Waals surface area (Å²) in [6.07, 6.45) is 4.26. The Balaban J connectivity index is 1.46. The number of aryl methyl sites for hydroxylation is 3. The van der Waals surface area contributed by atoms with Crippen LogP contribution in [0.15, 0.2) is 52.9 Å². The molecule has 4 nitrogen and oxygen atoms in total. The average Bonchev–Trinajstić information content (AvgIpc) is 3.31. The van der Waals surface area contributed by atoms with Crippen molar-refractivity contribution in [3.63, 3.8) is 0 Å². The van der Waals surface area contributed by atoms with Crippen LogP contribution in [0.25, 0.3) is 11.5 Å². The van der Waals surface area contributed by atoms with E-state index in [1.807, 2.05) is 37.3 Å². The minimum Gasteiger partial charge on any atom is -0.441 e. The van der Waals surface area contributed by atoms with Gasteiger partial charge in [0.15, 0.2) is 0 Å². The Labute approximate surface area is 148 Å². The van der Waals surface area contributed by atoms with Gasteiger partial charge in [0.2, 0.25) is 5.89 Å². The average molecular weight is 333 g/mol. The number of pyridine rings is 1. The Kier molecular flexibility index (Phi) is 4.51. The second-order valence-electron chi connectivity index (χ2n) is 6.57. The van der Waals surface area contributed by atoms with E-state index in [0.29, 0.717) is 5.89 Å². The summed E-state index contributed by atoms with van der Waals surface area (Å²) in [6, 6.07) is 16.4. The van der Waals surface area contributed by atoms with Crippen LogP contribution < -0.4 is 4.90 Å². The zero-order valence-corrected chi connectivity index (χ0v) is 14.6. The molecule has 1 aliphatic rings. The maximum atomic E-state index is 5.85. The van der Waals surface area contributed by atoms with Crippen LogP contribution in [0.3, 0.4) is 0 Å². The topological polar surface area (TPSA) is 42.2 Å². The number of rotatable bonds is 5. The van der Waals surface area contributed by atoms with Gasteiger partial charge < -0.3 is 9.32 Å². The van der Waals surface area contributed by atoms with Crippen molar-refractivity contribution in [1.82, 2.24) is 9.97 Å². The van der Waals surface area contributed by atoms with Gasteiger partial charge in [0.1, 0.15) is 11.6 Å². The van der Waals surface area contributed by atoms with Crippen molar-refractivity contribution in [3.05, 3.63) is 65.7 Å². The first kappa shape index (κ1) is 15.9. The molecule has 128 valence electrons. The zero-order chi connectivity index (χ0) is 17.1. The number of oxazole rings is 1. The van der Waals surface area contributed by atoms with E-state index in [1.54, 1.807) is 0 Å². The predicted octanol–water partition coefficient (Wildman–Crippen LogP) is 4.43. The highest BCUT2D eigenvalue weighted by molar-refractivity contribution is 5.53. The van der Waals surface area contributed by atoms with Crippen molar-refractivity contribution in [2.75, 3.05) is 18.0 Å². The predicted molar refractivity (Wildman–Crippen MR) is 99.8 cm³/mol. The number of nitrogens with zero attached hydrogens (tertiary/aromatic N) is 3. The van der Waals surface area contributed by atoms with Gasteiger partial charge in [0.05, 0.1) is 5.69 Å². The summed E-state index contributed by atoms with van der Waals surface area (Å²) in [6.45, 7) is 4.24. The molecule has 0 amide bonds. The lowest BCUT2D eigenvalue weighted by Crippen LogP contribution is -2.19. The van der Waals surface area contributed by atoms with E-state index in [-0.39, 0.29) is 0 Å². The van der Waals surface area contributed by atoms with Gasteiger partial charge in [-0.3, -0.25) is 0 Å². The molecule has 0 aliphatic carbocycles. The van der Waals surface area contributed by atoms with E-state index >= 15 is 0 Å². The first-order valence-electron chi connectivity index (χ1n) is 9.02. The second-order valence-corrected chi connectivity index (χ2v) is 6.57. The molecule has 3 heterocycles. The van der Waals surface area contributed by atoms with E-state index in [4.69, 9.17) is 14.4 Å². The monoisotopic (exact) mass is 333 g/mol. The van der Waals surface area contributed by atoms with Gasteiger partial charge in [-0.1, -0.05) is 24.3 Å². The second kappa shape index (κ2) is 7.09. The van der Waals surface area contributed by atoms with Crippen molar-refractivity contribution >= 4 is 5.82 Å². The number of hydrogen-bond donors (Lipinski definition) is 0. The van der Waals surface area contributed by atoms with Gasteiger partial charge in [0.25, 0.3) is 0 Å². The van der Waals surface area contributed by atoms with Crippen molar-refractivity contribution in [2.45, 2.75) is 32.6 Å². The fourth-order valence-electron chi connectivity index (χ4n) is 3.34. The minimum atomic E-state index is 0.701. The molecule has 1 aromatic carbocycles. The Morgan fingerprint density at radius 1 is 0.920 bits per heavy atom. The third kappa shape index (κ3) is 3.58. The van der Waals surface area contributed by atoms with E-state index in [2.05, 4.69) is 23.1 Å². The summed E-state index contributed by atoms with van der Waals surface area (Å²) in [4.78, 5) is 11.9. The molecule has 1 fully saturated rings. The van der Waals surface area contributed by atoms with Crippen LogP contribution in [0, 0.1) is 6.92 Å². The van der Waals surface area contributed by atoms with Crippen LogP contribution in [-0.2, 0) is 12.8 Å².